The summed E-state index contributed by atoms with van der Waals surface area (Å²) in [5.41, 5.74) is 1.87. The number of rotatable bonds is 11. The van der Waals surface area contributed by atoms with Crippen molar-refractivity contribution in [2.24, 2.45) is 0 Å². The van der Waals surface area contributed by atoms with E-state index >= 15 is 0 Å². The van der Waals surface area contributed by atoms with E-state index in [1.165, 1.54) is 47.9 Å². The number of nitro benzene ring substituents is 1. The quantitative estimate of drug-likeness (QED) is 0.108. The fraction of sp³-hybridized carbons (Fsp3) is 0.306. The molecule has 0 unspecified atom stereocenters. The summed E-state index contributed by atoms with van der Waals surface area (Å²) in [7, 11) is -1.64. The molecule has 1 amide bonds. The second-order valence-corrected chi connectivity index (χ2v) is 14.1. The zero-order valence-corrected chi connectivity index (χ0v) is 29.7. The molecular weight excluding hydrogens is 708 g/mol. The number of para-hydroxylation sites is 1. The van der Waals surface area contributed by atoms with Gasteiger partial charge in [-0.15, -0.1) is 0 Å². The van der Waals surface area contributed by atoms with Gasteiger partial charge in [-0.3, -0.25) is 19.2 Å². The number of carbonyl (C=O) groups is 1. The van der Waals surface area contributed by atoms with Crippen LogP contribution in [0.3, 0.4) is 0 Å². The molecule has 0 N–H and O–H groups in total. The van der Waals surface area contributed by atoms with E-state index in [4.69, 9.17) is 28.7 Å². The Labute approximate surface area is 304 Å². The molecule has 276 valence electrons. The van der Waals surface area contributed by atoms with Gasteiger partial charge in [-0.25, -0.2) is 12.9 Å². The predicted molar refractivity (Wildman–Crippen MR) is 191 cm³/mol. The van der Waals surface area contributed by atoms with Crippen LogP contribution in [0.15, 0.2) is 90.1 Å². The van der Waals surface area contributed by atoms with Crippen LogP contribution in [0.1, 0.15) is 12.0 Å². The highest BCUT2D eigenvalue weighted by Crippen LogP contribution is 2.38. The molecule has 0 radical (unpaired) electrons. The van der Waals surface area contributed by atoms with Crippen LogP contribution in [0.2, 0.25) is 0 Å². The van der Waals surface area contributed by atoms with Crippen LogP contribution < -0.4 is 18.5 Å². The molecule has 0 aliphatic carbocycles. The topological polar surface area (TPSA) is 177 Å². The summed E-state index contributed by atoms with van der Waals surface area (Å²) in [6.07, 6.45) is 2.63. The van der Waals surface area contributed by atoms with Gasteiger partial charge in [0.2, 0.25) is 0 Å². The van der Waals surface area contributed by atoms with Crippen LogP contribution >= 0.6 is 0 Å². The third-order valence-electron chi connectivity index (χ3n) is 9.07. The van der Waals surface area contributed by atoms with Crippen molar-refractivity contribution in [3.8, 4) is 28.5 Å². The number of methoxy groups -OCH3 is 2. The number of nitrogens with zero attached hydrogens (tertiary/aromatic N) is 6. The number of ether oxygens (including phenoxy) is 5. The van der Waals surface area contributed by atoms with E-state index in [1.54, 1.807) is 24.5 Å². The Bertz CT molecular complexity index is 2250. The van der Waals surface area contributed by atoms with E-state index in [-0.39, 0.29) is 63.4 Å². The smallest absolute Gasteiger partial charge is 0.289 e. The van der Waals surface area contributed by atoms with Crippen molar-refractivity contribution >= 4 is 33.0 Å². The lowest BCUT2D eigenvalue weighted by Crippen LogP contribution is -2.44. The van der Waals surface area contributed by atoms with E-state index in [2.05, 4.69) is 5.10 Å². The lowest BCUT2D eigenvalue weighted by molar-refractivity contribution is -0.387. The number of sulfonamides is 1. The maximum atomic E-state index is 14.5. The van der Waals surface area contributed by atoms with Gasteiger partial charge >= 0.3 is 0 Å². The molecule has 7 rings (SSSR count). The van der Waals surface area contributed by atoms with Crippen LogP contribution in [0.4, 0.5) is 11.4 Å². The van der Waals surface area contributed by atoms with Crippen LogP contribution in [0.5, 0.6) is 17.4 Å². The van der Waals surface area contributed by atoms with Crippen LogP contribution in [-0.4, -0.2) is 98.0 Å². The minimum Gasteiger partial charge on any atom is -0.497 e. The Morgan fingerprint density at radius 2 is 1.81 bits per heavy atom. The first-order chi connectivity index (χ1) is 25.7. The van der Waals surface area contributed by atoms with Gasteiger partial charge in [-0.1, -0.05) is 42.5 Å². The van der Waals surface area contributed by atoms with Gasteiger partial charge in [0.15, 0.2) is 16.3 Å². The first-order valence-electron chi connectivity index (χ1n) is 16.7. The average Bonchev–Trinajstić information content (AvgIpc) is 3.72. The Morgan fingerprint density at radius 1 is 1.02 bits per heavy atom. The Hall–Kier alpha value is -5.78. The van der Waals surface area contributed by atoms with Crippen molar-refractivity contribution < 1.29 is 41.8 Å². The van der Waals surface area contributed by atoms with Gasteiger partial charge in [0, 0.05) is 37.8 Å². The lowest BCUT2D eigenvalue weighted by Gasteiger charge is -2.30. The number of carbonyl (C=O) groups excluding carboxylic acids is 1. The van der Waals surface area contributed by atoms with Crippen LogP contribution in [0, 0.1) is 10.1 Å². The Kier molecular flexibility index (Phi) is 10.1. The molecule has 17 heteroatoms. The van der Waals surface area contributed by atoms with Gasteiger partial charge in [-0.05, 0) is 29.3 Å². The van der Waals surface area contributed by atoms with Crippen molar-refractivity contribution in [2.45, 2.75) is 30.1 Å². The average molecular weight is 745 g/mol. The highest BCUT2D eigenvalue weighted by atomic mass is 32.2. The number of benzene rings is 3. The summed E-state index contributed by atoms with van der Waals surface area (Å²) < 4.78 is 60.8. The zero-order valence-electron chi connectivity index (χ0n) is 28.9. The molecule has 2 aliphatic heterocycles. The Morgan fingerprint density at radius 3 is 2.58 bits per heavy atom. The number of aromatic nitrogens is 3. The highest BCUT2D eigenvalue weighted by Gasteiger charge is 2.42. The number of hydrogen-bond acceptors (Lipinski definition) is 12. The minimum absolute atomic E-state index is 0.0275. The molecule has 5 aromatic rings. The van der Waals surface area contributed by atoms with Crippen molar-refractivity contribution in [3.05, 3.63) is 101 Å². The van der Waals surface area contributed by atoms with E-state index in [9.17, 15) is 23.3 Å². The molecule has 1 saturated heterocycles. The number of nitro groups is 1. The van der Waals surface area contributed by atoms with Crippen molar-refractivity contribution in [3.63, 3.8) is 0 Å². The molecule has 53 heavy (non-hydrogen) atoms. The molecular formula is C36H36N6O10S. The summed E-state index contributed by atoms with van der Waals surface area (Å²) in [6.45, 7) is 0.257. The van der Waals surface area contributed by atoms with Crippen LogP contribution in [0.25, 0.3) is 16.8 Å². The molecule has 0 spiro atoms. The molecule has 4 bridgehead atoms. The van der Waals surface area contributed by atoms with Crippen molar-refractivity contribution in [2.75, 3.05) is 51.4 Å². The van der Waals surface area contributed by atoms with E-state index in [1.807, 2.05) is 30.3 Å². The second kappa shape index (κ2) is 15.1. The fourth-order valence-corrected chi connectivity index (χ4v) is 8.03. The third-order valence-corrected chi connectivity index (χ3v) is 10.9. The van der Waals surface area contributed by atoms with Crippen molar-refractivity contribution in [1.82, 2.24) is 19.5 Å². The molecule has 2 aliphatic rings. The van der Waals surface area contributed by atoms with Gasteiger partial charge in [0.05, 0.1) is 55.9 Å². The SMILES string of the molecule is COCCO[C@@H]1C[C@H]2COc3nc4c(cnn4cc3OCc3ccccc3)-c3cc(OC)cc(c3)N(S(=O)(=O)c3ccccc3[N+](=O)[O-])CCN2C1=O. The zero-order chi connectivity index (χ0) is 37.1. The van der Waals surface area contributed by atoms with Gasteiger partial charge in [0.25, 0.3) is 27.5 Å². The summed E-state index contributed by atoms with van der Waals surface area (Å²) in [5.74, 6) is 0.429. The number of hydrogen-bond donors (Lipinski definition) is 0. The normalized spacial score (nSPS) is 17.4. The largest absolute Gasteiger partial charge is 0.497 e. The van der Waals surface area contributed by atoms with E-state index < -0.39 is 37.7 Å². The fourth-order valence-electron chi connectivity index (χ4n) is 6.43. The predicted octanol–water partition coefficient (Wildman–Crippen LogP) is 4.11. The third kappa shape index (κ3) is 7.18. The molecule has 16 nitrogen and oxygen atoms in total. The minimum atomic E-state index is -4.60. The summed E-state index contributed by atoms with van der Waals surface area (Å²) in [5, 5.41) is 16.6. The standard InChI is InChI=1S/C36H36N6O10S/c1-48-14-15-50-31-19-27-23-52-35-32(51-22-24-8-4-3-5-9-24)21-40-34(38-35)29(20-37-40)25-16-26(18-28(17-25)49-2)41(13-12-39(27)36(31)43)53(46,47)33-11-7-6-10-30(33)42(44)45/h3-11,16-18,20-21,27,31H,12-15,19,22-23H2,1-2H3/t27-,31+/m0/s1. The number of fused-ring (bicyclic) bond motifs is 5. The lowest BCUT2D eigenvalue weighted by atomic mass is 10.1. The van der Waals surface area contributed by atoms with Gasteiger partial charge < -0.3 is 28.6 Å². The van der Waals surface area contributed by atoms with Crippen molar-refractivity contribution in [1.29, 1.82) is 0 Å². The summed E-state index contributed by atoms with van der Waals surface area (Å²) >= 11 is 0. The maximum absolute atomic E-state index is 14.5. The second-order valence-electron chi connectivity index (χ2n) is 12.3. The molecule has 1 fully saturated rings. The molecule has 2 aromatic heterocycles. The molecule has 2 atom stereocenters. The first-order valence-corrected chi connectivity index (χ1v) is 18.2. The summed E-state index contributed by atoms with van der Waals surface area (Å²) in [6, 6.07) is 19.0. The highest BCUT2D eigenvalue weighted by molar-refractivity contribution is 7.93. The van der Waals surface area contributed by atoms with E-state index in [0.29, 0.717) is 28.3 Å². The van der Waals surface area contributed by atoms with Gasteiger partial charge in [-0.2, -0.15) is 10.1 Å². The molecule has 3 aromatic carbocycles. The maximum Gasteiger partial charge on any atom is 0.289 e. The number of amides is 1. The summed E-state index contributed by atoms with van der Waals surface area (Å²) in [4.78, 5) is 31.0. The Balaban J connectivity index is 1.38. The molecule has 0 saturated carbocycles. The van der Waals surface area contributed by atoms with Gasteiger partial charge in [0.1, 0.15) is 25.1 Å². The first kappa shape index (κ1) is 35.6. The monoisotopic (exact) mass is 744 g/mol. The number of anilines is 1. The van der Waals surface area contributed by atoms with Crippen LogP contribution in [-0.2, 0) is 30.9 Å². The van der Waals surface area contributed by atoms with E-state index in [0.717, 1.165) is 15.9 Å². The molecule has 4 heterocycles.